The van der Waals surface area contributed by atoms with Crippen LogP contribution >= 0.6 is 0 Å². The summed E-state index contributed by atoms with van der Waals surface area (Å²) in [6, 6.07) is 9.73. The number of carbonyl (C=O) groups excluding carboxylic acids is 2. The van der Waals surface area contributed by atoms with Crippen LogP contribution in [0.15, 0.2) is 48.8 Å². The molecule has 1 aromatic heterocycles. The van der Waals surface area contributed by atoms with E-state index in [4.69, 9.17) is 4.74 Å². The first-order chi connectivity index (χ1) is 14.4. The lowest BCUT2D eigenvalue weighted by Crippen LogP contribution is -2.47. The van der Waals surface area contributed by atoms with E-state index in [-0.39, 0.29) is 12.3 Å². The molecule has 160 valence electrons. The van der Waals surface area contributed by atoms with Crippen molar-refractivity contribution < 1.29 is 24.4 Å². The molecule has 1 unspecified atom stereocenters. The molecule has 0 spiro atoms. The van der Waals surface area contributed by atoms with Crippen LogP contribution in [-0.4, -0.2) is 47.0 Å². The van der Waals surface area contributed by atoms with Crippen LogP contribution in [0.5, 0.6) is 5.75 Å². The summed E-state index contributed by atoms with van der Waals surface area (Å²) in [6.07, 6.45) is 5.01. The molecule has 2 atom stereocenters. The van der Waals surface area contributed by atoms with Crippen molar-refractivity contribution in [1.82, 2.24) is 15.6 Å². The fourth-order valence-corrected chi connectivity index (χ4v) is 3.02. The van der Waals surface area contributed by atoms with Gasteiger partial charge in [0.05, 0.1) is 31.1 Å². The summed E-state index contributed by atoms with van der Waals surface area (Å²) in [5.74, 6) is -0.936. The molecule has 0 radical (unpaired) electrons. The van der Waals surface area contributed by atoms with Crippen molar-refractivity contribution in [3.05, 3.63) is 59.9 Å². The van der Waals surface area contributed by atoms with Crippen LogP contribution in [0.4, 0.5) is 0 Å². The molecule has 2 aromatic rings. The molecule has 0 aliphatic heterocycles. The quantitative estimate of drug-likeness (QED) is 0.416. The molecular weight excluding hydrogens is 385 g/mol. The van der Waals surface area contributed by atoms with Crippen LogP contribution in [0.2, 0.25) is 0 Å². The Hall–Kier alpha value is -2.91. The van der Waals surface area contributed by atoms with Crippen LogP contribution in [-0.2, 0) is 4.79 Å². The van der Waals surface area contributed by atoms with Crippen molar-refractivity contribution in [1.29, 1.82) is 0 Å². The third-order valence-electron chi connectivity index (χ3n) is 4.69. The molecule has 0 fully saturated rings. The topological polar surface area (TPSA) is 121 Å². The van der Waals surface area contributed by atoms with Gasteiger partial charge in [0.15, 0.2) is 0 Å². The predicted octanol–water partition coefficient (Wildman–Crippen LogP) is 1.64. The summed E-state index contributed by atoms with van der Waals surface area (Å²) in [5, 5.41) is 24.6. The van der Waals surface area contributed by atoms with Crippen LogP contribution in [0, 0.1) is 0 Å². The summed E-state index contributed by atoms with van der Waals surface area (Å²) in [5.41, 5.74) is 1.06. The fraction of sp³-hybridized carbons (Fsp3) is 0.381. The largest absolute Gasteiger partial charge is 0.497 e. The van der Waals surface area contributed by atoms with Gasteiger partial charge in [0.25, 0.3) is 5.91 Å². The molecule has 0 aliphatic carbocycles. The number of pyridine rings is 1. The third kappa shape index (κ3) is 7.16. The summed E-state index contributed by atoms with van der Waals surface area (Å²) in [4.78, 5) is 29.2. The number of hydrogen-bond acceptors (Lipinski definition) is 6. The van der Waals surface area contributed by atoms with Crippen LogP contribution < -0.4 is 15.4 Å². The van der Waals surface area contributed by atoms with Crippen molar-refractivity contribution in [2.24, 2.45) is 0 Å². The molecule has 2 rings (SSSR count). The Morgan fingerprint density at radius 2 is 2.00 bits per heavy atom. The van der Waals surface area contributed by atoms with E-state index < -0.39 is 25.0 Å². The molecule has 4 N–H and O–H groups in total. The maximum Gasteiger partial charge on any atom is 0.475 e. The Balaban J connectivity index is 2.18. The Labute approximate surface area is 176 Å². The van der Waals surface area contributed by atoms with E-state index in [9.17, 15) is 19.6 Å². The van der Waals surface area contributed by atoms with Crippen LogP contribution in [0.1, 0.15) is 54.6 Å². The minimum atomic E-state index is -1.65. The number of hydrogen-bond donors (Lipinski definition) is 4. The van der Waals surface area contributed by atoms with Crippen molar-refractivity contribution in [3.63, 3.8) is 0 Å². The number of aromatic nitrogens is 1. The zero-order valence-electron chi connectivity index (χ0n) is 17.2. The van der Waals surface area contributed by atoms with Gasteiger partial charge in [-0.15, -0.1) is 0 Å². The minimum Gasteiger partial charge on any atom is -0.497 e. The smallest absolute Gasteiger partial charge is 0.475 e. The summed E-state index contributed by atoms with van der Waals surface area (Å²) < 4.78 is 5.25. The van der Waals surface area contributed by atoms with E-state index in [0.717, 1.165) is 12.8 Å². The lowest BCUT2D eigenvalue weighted by Gasteiger charge is -2.22. The molecule has 0 bridgehead atoms. The van der Waals surface area contributed by atoms with Crippen molar-refractivity contribution in [3.8, 4) is 5.75 Å². The first kappa shape index (κ1) is 23.4. The summed E-state index contributed by atoms with van der Waals surface area (Å²) in [7, 11) is -0.114. The molecule has 8 nitrogen and oxygen atoms in total. The van der Waals surface area contributed by atoms with Gasteiger partial charge in [-0.25, -0.2) is 0 Å². The highest BCUT2D eigenvalue weighted by molar-refractivity contribution is 6.43. The van der Waals surface area contributed by atoms with Gasteiger partial charge in [0, 0.05) is 12.4 Å². The van der Waals surface area contributed by atoms with E-state index >= 15 is 0 Å². The fourth-order valence-electron chi connectivity index (χ4n) is 3.02. The van der Waals surface area contributed by atoms with Gasteiger partial charge < -0.3 is 25.4 Å². The van der Waals surface area contributed by atoms with E-state index in [0.29, 0.717) is 23.3 Å². The number of rotatable bonds is 11. The second-order valence-electron chi connectivity index (χ2n) is 6.98. The average Bonchev–Trinajstić information content (AvgIpc) is 2.76. The molecular formula is C21H28BN3O5. The van der Waals surface area contributed by atoms with E-state index in [1.165, 1.54) is 13.3 Å². The Bertz CT molecular complexity index is 819. The minimum absolute atomic E-state index is 0.0749. The molecule has 9 heteroatoms. The lowest BCUT2D eigenvalue weighted by atomic mass is 9.76. The van der Waals surface area contributed by atoms with E-state index in [2.05, 4.69) is 15.6 Å². The first-order valence-electron chi connectivity index (χ1n) is 9.95. The van der Waals surface area contributed by atoms with Gasteiger partial charge in [0.2, 0.25) is 5.91 Å². The van der Waals surface area contributed by atoms with Crippen molar-refractivity contribution in [2.45, 2.75) is 44.6 Å². The molecule has 0 aliphatic rings. The zero-order chi connectivity index (χ0) is 21.9. The Kier molecular flexibility index (Phi) is 9.31. The number of nitrogens with one attached hydrogen (secondary N) is 2. The molecule has 2 amide bonds. The number of methoxy groups -OCH3 is 1. The van der Waals surface area contributed by atoms with Gasteiger partial charge in [-0.05, 0) is 36.2 Å². The number of unbranched alkanes of at least 4 members (excludes halogenated alkanes) is 1. The van der Waals surface area contributed by atoms with Crippen molar-refractivity contribution in [2.75, 3.05) is 7.11 Å². The SMILES string of the molecule is CCCC[C@H](NC(=O)CC(NC(=O)c1cccnc1)c1cccc(OC)c1)B(O)O. The highest BCUT2D eigenvalue weighted by Gasteiger charge is 2.27. The molecule has 0 saturated heterocycles. The van der Waals surface area contributed by atoms with Crippen LogP contribution in [0.3, 0.4) is 0 Å². The second kappa shape index (κ2) is 11.9. The van der Waals surface area contributed by atoms with Gasteiger partial charge in [-0.2, -0.15) is 0 Å². The highest BCUT2D eigenvalue weighted by Crippen LogP contribution is 2.22. The van der Waals surface area contributed by atoms with Crippen molar-refractivity contribution >= 4 is 18.9 Å². The Morgan fingerprint density at radius 1 is 1.20 bits per heavy atom. The number of amides is 2. The summed E-state index contributed by atoms with van der Waals surface area (Å²) >= 11 is 0. The summed E-state index contributed by atoms with van der Waals surface area (Å²) in [6.45, 7) is 1.98. The maximum atomic E-state index is 12.6. The number of benzene rings is 1. The predicted molar refractivity (Wildman–Crippen MR) is 114 cm³/mol. The third-order valence-corrected chi connectivity index (χ3v) is 4.69. The first-order valence-corrected chi connectivity index (χ1v) is 9.95. The average molecular weight is 413 g/mol. The highest BCUT2D eigenvalue weighted by atomic mass is 16.5. The molecule has 30 heavy (non-hydrogen) atoms. The molecule has 1 heterocycles. The van der Waals surface area contributed by atoms with Gasteiger partial charge in [-0.1, -0.05) is 31.9 Å². The zero-order valence-corrected chi connectivity index (χ0v) is 17.2. The number of carbonyl (C=O) groups is 2. The van der Waals surface area contributed by atoms with Gasteiger partial charge >= 0.3 is 7.12 Å². The normalized spacial score (nSPS) is 12.5. The van der Waals surface area contributed by atoms with E-state index in [1.54, 1.807) is 42.6 Å². The number of ether oxygens (including phenoxy) is 1. The number of nitrogens with zero attached hydrogens (tertiary/aromatic N) is 1. The Morgan fingerprint density at radius 3 is 2.63 bits per heavy atom. The lowest BCUT2D eigenvalue weighted by molar-refractivity contribution is -0.122. The van der Waals surface area contributed by atoms with Crippen LogP contribution in [0.25, 0.3) is 0 Å². The van der Waals surface area contributed by atoms with E-state index in [1.807, 2.05) is 6.92 Å². The van der Waals surface area contributed by atoms with Gasteiger partial charge in [-0.3, -0.25) is 14.6 Å². The monoisotopic (exact) mass is 413 g/mol. The van der Waals surface area contributed by atoms with Gasteiger partial charge in [0.1, 0.15) is 5.75 Å². The maximum absolute atomic E-state index is 12.6. The molecule has 1 aromatic carbocycles. The second-order valence-corrected chi connectivity index (χ2v) is 6.98. The molecule has 0 saturated carbocycles. The standard InChI is InChI=1S/C21H28BN3O5/c1-3-4-10-19(22(28)29)25-20(26)13-18(15-7-5-9-17(12-15)30-2)24-21(27)16-8-6-11-23-14-16/h5-9,11-12,14,18-19,28-29H,3-4,10,13H2,1-2H3,(H,24,27)(H,25,26)/t18?,19-/m0/s1.